The van der Waals surface area contributed by atoms with Gasteiger partial charge >= 0.3 is 0 Å². The number of nitrogens with one attached hydrogen (secondary N) is 1. The van der Waals surface area contributed by atoms with Crippen molar-refractivity contribution in [1.82, 2.24) is 9.88 Å². The molecule has 5 heteroatoms. The molecule has 1 N–H and O–H groups in total. The van der Waals surface area contributed by atoms with Gasteiger partial charge in [-0.05, 0) is 39.9 Å². The maximum absolute atomic E-state index is 12.2. The number of aromatic nitrogens is 1. The highest BCUT2D eigenvalue weighted by atomic mass is 79.9. The van der Waals surface area contributed by atoms with Crippen LogP contribution in [-0.4, -0.2) is 10.5 Å². The molecule has 0 spiro atoms. The van der Waals surface area contributed by atoms with Gasteiger partial charge in [0.1, 0.15) is 5.69 Å². The molecule has 1 amide bonds. The summed E-state index contributed by atoms with van der Waals surface area (Å²) >= 11 is 5.05. The first-order valence-electron chi connectivity index (χ1n) is 5.78. The Labute approximate surface area is 119 Å². The van der Waals surface area contributed by atoms with E-state index in [4.69, 9.17) is 0 Å². The topological polar surface area (TPSA) is 34.0 Å². The van der Waals surface area contributed by atoms with Gasteiger partial charge in [-0.2, -0.15) is 0 Å². The monoisotopic (exact) mass is 326 g/mol. The van der Waals surface area contributed by atoms with Crippen molar-refractivity contribution in [2.75, 3.05) is 0 Å². The highest BCUT2D eigenvalue weighted by Crippen LogP contribution is 2.22. The van der Waals surface area contributed by atoms with Crippen LogP contribution >= 0.6 is 27.3 Å². The van der Waals surface area contributed by atoms with E-state index in [9.17, 15) is 4.79 Å². The smallest absolute Gasteiger partial charge is 0.268 e. The van der Waals surface area contributed by atoms with Crippen LogP contribution in [0.2, 0.25) is 0 Å². The van der Waals surface area contributed by atoms with Gasteiger partial charge in [-0.1, -0.05) is 13.0 Å². The van der Waals surface area contributed by atoms with E-state index < -0.39 is 0 Å². The quantitative estimate of drug-likeness (QED) is 0.912. The second-order valence-electron chi connectivity index (χ2n) is 4.10. The number of nitrogens with zero attached hydrogens (tertiary/aromatic N) is 1. The van der Waals surface area contributed by atoms with Crippen LogP contribution in [0.3, 0.4) is 0 Å². The lowest BCUT2D eigenvalue weighted by molar-refractivity contribution is 0.0928. The number of amides is 1. The number of rotatable bonds is 4. The van der Waals surface area contributed by atoms with Gasteiger partial charge in [0.25, 0.3) is 5.91 Å². The molecular weight excluding hydrogens is 312 g/mol. The Morgan fingerprint density at radius 3 is 2.89 bits per heavy atom. The molecule has 0 aliphatic carbocycles. The fraction of sp³-hybridized carbons (Fsp3) is 0.308. The van der Waals surface area contributed by atoms with E-state index in [1.54, 1.807) is 11.3 Å². The Hall–Kier alpha value is -1.07. The number of thiophene rings is 1. The predicted molar refractivity (Wildman–Crippen MR) is 77.9 cm³/mol. The zero-order chi connectivity index (χ0) is 13.1. The van der Waals surface area contributed by atoms with E-state index >= 15 is 0 Å². The molecule has 0 saturated heterocycles. The molecule has 0 fully saturated rings. The van der Waals surface area contributed by atoms with Crippen LogP contribution in [0.5, 0.6) is 0 Å². The van der Waals surface area contributed by atoms with Crippen molar-refractivity contribution in [3.8, 4) is 0 Å². The minimum Gasteiger partial charge on any atom is -0.345 e. The van der Waals surface area contributed by atoms with Crippen LogP contribution in [-0.2, 0) is 7.05 Å². The van der Waals surface area contributed by atoms with Crippen molar-refractivity contribution >= 4 is 33.2 Å². The minimum atomic E-state index is -0.0385. The minimum absolute atomic E-state index is 0.0385. The first kappa shape index (κ1) is 13.4. The largest absolute Gasteiger partial charge is 0.345 e. The molecule has 0 aromatic carbocycles. The molecule has 18 heavy (non-hydrogen) atoms. The van der Waals surface area contributed by atoms with Gasteiger partial charge in [0.15, 0.2) is 0 Å². The second kappa shape index (κ2) is 5.71. The molecule has 0 aliphatic heterocycles. The summed E-state index contributed by atoms with van der Waals surface area (Å²) in [6.45, 7) is 2.07. The van der Waals surface area contributed by atoms with Gasteiger partial charge < -0.3 is 9.88 Å². The second-order valence-corrected chi connectivity index (χ2v) is 6.00. The van der Waals surface area contributed by atoms with Gasteiger partial charge in [0.05, 0.1) is 6.04 Å². The summed E-state index contributed by atoms with van der Waals surface area (Å²) in [5.74, 6) is -0.0385. The molecule has 2 rings (SSSR count). The van der Waals surface area contributed by atoms with Gasteiger partial charge in [0.2, 0.25) is 0 Å². The fourth-order valence-electron chi connectivity index (χ4n) is 1.85. The highest BCUT2D eigenvalue weighted by molar-refractivity contribution is 9.10. The maximum atomic E-state index is 12.2. The number of carbonyl (C=O) groups excluding carboxylic acids is 1. The Balaban J connectivity index is 2.13. The Bertz CT molecular complexity index is 533. The van der Waals surface area contributed by atoms with Crippen LogP contribution < -0.4 is 5.32 Å². The maximum Gasteiger partial charge on any atom is 0.268 e. The third-order valence-corrected chi connectivity index (χ3v) is 4.22. The lowest BCUT2D eigenvalue weighted by atomic mass is 10.2. The molecule has 1 atom stereocenters. The van der Waals surface area contributed by atoms with E-state index in [0.717, 1.165) is 10.9 Å². The number of hydrogen-bond donors (Lipinski definition) is 1. The summed E-state index contributed by atoms with van der Waals surface area (Å²) in [6, 6.07) is 5.98. The standard InChI is InChI=1S/C13H15BrN2OS/c1-3-10(12-5-4-6-18-12)15-13(17)11-7-9(14)8-16(11)2/h4-8,10H,3H2,1-2H3,(H,15,17). The molecule has 0 bridgehead atoms. The molecule has 1 unspecified atom stereocenters. The van der Waals surface area contributed by atoms with E-state index in [-0.39, 0.29) is 11.9 Å². The molecule has 3 nitrogen and oxygen atoms in total. The van der Waals surface area contributed by atoms with Crippen LogP contribution in [0.1, 0.15) is 34.8 Å². The average Bonchev–Trinajstić information content (AvgIpc) is 2.95. The van der Waals surface area contributed by atoms with E-state index in [0.29, 0.717) is 5.69 Å². The average molecular weight is 327 g/mol. The van der Waals surface area contributed by atoms with Crippen molar-refractivity contribution in [3.05, 3.63) is 44.8 Å². The molecule has 0 saturated carbocycles. The van der Waals surface area contributed by atoms with Crippen molar-refractivity contribution in [1.29, 1.82) is 0 Å². The number of halogens is 1. The SMILES string of the molecule is CCC(NC(=O)c1cc(Br)cn1C)c1cccs1. The molecule has 0 aliphatic rings. The van der Waals surface area contributed by atoms with Crippen LogP contribution in [0.25, 0.3) is 0 Å². The third-order valence-electron chi connectivity index (χ3n) is 2.80. The highest BCUT2D eigenvalue weighted by Gasteiger charge is 2.17. The Morgan fingerprint density at radius 1 is 1.61 bits per heavy atom. The normalized spacial score (nSPS) is 12.4. The summed E-state index contributed by atoms with van der Waals surface area (Å²) in [6.07, 6.45) is 2.76. The summed E-state index contributed by atoms with van der Waals surface area (Å²) in [5.41, 5.74) is 0.664. The van der Waals surface area contributed by atoms with Crippen molar-refractivity contribution in [3.63, 3.8) is 0 Å². The molecule has 2 aromatic rings. The van der Waals surface area contributed by atoms with E-state index in [1.165, 1.54) is 4.88 Å². The van der Waals surface area contributed by atoms with Crippen molar-refractivity contribution < 1.29 is 4.79 Å². The number of aryl methyl sites for hydroxylation is 1. The van der Waals surface area contributed by atoms with Crippen molar-refractivity contribution in [2.24, 2.45) is 7.05 Å². The molecule has 2 aromatic heterocycles. The molecule has 96 valence electrons. The Morgan fingerprint density at radius 2 is 2.39 bits per heavy atom. The lowest BCUT2D eigenvalue weighted by Crippen LogP contribution is -2.29. The van der Waals surface area contributed by atoms with E-state index in [1.807, 2.05) is 35.3 Å². The summed E-state index contributed by atoms with van der Waals surface area (Å²) in [5, 5.41) is 5.10. The van der Waals surface area contributed by atoms with Crippen LogP contribution in [0.15, 0.2) is 34.2 Å². The third kappa shape index (κ3) is 2.84. The lowest BCUT2D eigenvalue weighted by Gasteiger charge is -2.15. The first-order chi connectivity index (χ1) is 8.61. The van der Waals surface area contributed by atoms with Gasteiger partial charge in [-0.15, -0.1) is 11.3 Å². The molecular formula is C13H15BrN2OS. The Kier molecular flexibility index (Phi) is 4.24. The van der Waals surface area contributed by atoms with Crippen LogP contribution in [0, 0.1) is 0 Å². The zero-order valence-electron chi connectivity index (χ0n) is 10.3. The summed E-state index contributed by atoms with van der Waals surface area (Å²) in [7, 11) is 1.87. The van der Waals surface area contributed by atoms with E-state index in [2.05, 4.69) is 34.2 Å². The number of hydrogen-bond acceptors (Lipinski definition) is 2. The first-order valence-corrected chi connectivity index (χ1v) is 7.45. The zero-order valence-corrected chi connectivity index (χ0v) is 12.7. The molecule has 0 radical (unpaired) electrons. The predicted octanol–water partition coefficient (Wildman–Crippen LogP) is 3.73. The summed E-state index contributed by atoms with van der Waals surface area (Å²) in [4.78, 5) is 13.4. The van der Waals surface area contributed by atoms with Crippen LogP contribution in [0.4, 0.5) is 0 Å². The van der Waals surface area contributed by atoms with Gasteiger partial charge in [-0.25, -0.2) is 0 Å². The molecule has 2 heterocycles. The van der Waals surface area contributed by atoms with Gasteiger partial charge in [0, 0.05) is 22.6 Å². The van der Waals surface area contributed by atoms with Crippen molar-refractivity contribution in [2.45, 2.75) is 19.4 Å². The van der Waals surface area contributed by atoms with Gasteiger partial charge in [-0.3, -0.25) is 4.79 Å². The fourth-order valence-corrected chi connectivity index (χ4v) is 3.23. The summed E-state index contributed by atoms with van der Waals surface area (Å²) < 4.78 is 2.74. The number of carbonyl (C=O) groups is 1.